The molecule has 6 nitrogen and oxygen atoms in total. The molecule has 0 spiro atoms. The molecular weight excluding hydrogens is 556 g/mol. The van der Waals surface area contributed by atoms with Crippen molar-refractivity contribution in [3.63, 3.8) is 0 Å². The quantitative estimate of drug-likeness (QED) is 0.232. The fraction of sp³-hybridized carbons (Fsp3) is 0.242. The highest BCUT2D eigenvalue weighted by Gasteiger charge is 2.33. The van der Waals surface area contributed by atoms with Crippen molar-refractivity contribution in [1.29, 1.82) is 0 Å². The molecule has 41 heavy (non-hydrogen) atoms. The fourth-order valence-corrected chi connectivity index (χ4v) is 6.04. The molecule has 0 bridgehead atoms. The average Bonchev–Trinajstić information content (AvgIpc) is 3.26. The Bertz CT molecular complexity index is 1800. The number of carbonyl (C=O) groups excluding carboxylic acids is 1. The van der Waals surface area contributed by atoms with Crippen LogP contribution in [-0.4, -0.2) is 17.1 Å². The summed E-state index contributed by atoms with van der Waals surface area (Å²) in [6, 6.07) is 22.5. The van der Waals surface area contributed by atoms with E-state index >= 15 is 0 Å². The average molecular weight is 587 g/mol. The Morgan fingerprint density at radius 1 is 1.07 bits per heavy atom. The standard InChI is InChI=1S/C33H31ClN2O4S/c1-5-39-32(38)29-21(4)35-33-36(30(29)23-16-14-22(15-17-23)20(2)3)31(37)28(41-33)18-24-10-7-9-13-27(24)40-19-25-11-6-8-12-26(25)34/h6-18,20,30H,5,19H2,1-4H3. The van der Waals surface area contributed by atoms with Crippen LogP contribution in [0.25, 0.3) is 6.08 Å². The van der Waals surface area contributed by atoms with Gasteiger partial charge in [-0.2, -0.15) is 0 Å². The van der Waals surface area contributed by atoms with Gasteiger partial charge in [-0.15, -0.1) is 0 Å². The number of rotatable bonds is 8. The summed E-state index contributed by atoms with van der Waals surface area (Å²) in [6.45, 7) is 8.33. The first-order valence-electron chi connectivity index (χ1n) is 13.5. The summed E-state index contributed by atoms with van der Waals surface area (Å²) in [4.78, 5) is 32.4. The summed E-state index contributed by atoms with van der Waals surface area (Å²) < 4.78 is 13.6. The van der Waals surface area contributed by atoms with Gasteiger partial charge in [0.2, 0.25) is 0 Å². The van der Waals surface area contributed by atoms with E-state index in [1.165, 1.54) is 16.9 Å². The first-order valence-corrected chi connectivity index (χ1v) is 14.7. The van der Waals surface area contributed by atoms with Crippen molar-refractivity contribution in [2.45, 2.75) is 46.3 Å². The molecule has 0 aliphatic carbocycles. The van der Waals surface area contributed by atoms with Crippen molar-refractivity contribution in [2.24, 2.45) is 4.99 Å². The molecule has 4 aromatic rings. The van der Waals surface area contributed by atoms with Crippen molar-refractivity contribution in [1.82, 2.24) is 4.57 Å². The lowest BCUT2D eigenvalue weighted by atomic mass is 9.93. The van der Waals surface area contributed by atoms with Gasteiger partial charge in [0.25, 0.3) is 5.56 Å². The SMILES string of the molecule is CCOC(=O)C1=C(C)N=c2sc(=Cc3ccccc3OCc3ccccc3Cl)c(=O)n2C1c1ccc(C(C)C)cc1. The van der Waals surface area contributed by atoms with Gasteiger partial charge in [0.05, 0.1) is 28.5 Å². The number of nitrogens with zero attached hydrogens (tertiary/aromatic N) is 2. The Kier molecular flexibility index (Phi) is 8.57. The third-order valence-corrected chi connectivity index (χ3v) is 8.33. The number of hydrogen-bond donors (Lipinski definition) is 0. The smallest absolute Gasteiger partial charge is 0.338 e. The van der Waals surface area contributed by atoms with Gasteiger partial charge < -0.3 is 9.47 Å². The number of carbonyl (C=O) groups is 1. The number of fused-ring (bicyclic) bond motifs is 1. The molecule has 1 unspecified atom stereocenters. The van der Waals surface area contributed by atoms with Crippen LogP contribution in [-0.2, 0) is 16.1 Å². The normalized spacial score (nSPS) is 15.1. The van der Waals surface area contributed by atoms with Gasteiger partial charge in [-0.1, -0.05) is 97.4 Å². The predicted molar refractivity (Wildman–Crippen MR) is 163 cm³/mol. The van der Waals surface area contributed by atoms with E-state index in [1.54, 1.807) is 18.4 Å². The number of benzene rings is 3. The molecule has 0 N–H and O–H groups in total. The summed E-state index contributed by atoms with van der Waals surface area (Å²) in [6.07, 6.45) is 1.81. The van der Waals surface area contributed by atoms with Crippen LogP contribution in [0.2, 0.25) is 5.02 Å². The van der Waals surface area contributed by atoms with Crippen molar-refractivity contribution in [3.05, 3.63) is 131 Å². The summed E-state index contributed by atoms with van der Waals surface area (Å²) in [5.74, 6) is 0.509. The minimum absolute atomic E-state index is 0.226. The van der Waals surface area contributed by atoms with E-state index in [2.05, 4.69) is 18.8 Å². The summed E-state index contributed by atoms with van der Waals surface area (Å²) >= 11 is 7.60. The molecule has 0 saturated heterocycles. The maximum atomic E-state index is 14.0. The lowest BCUT2D eigenvalue weighted by molar-refractivity contribution is -0.139. The van der Waals surface area contributed by atoms with Gasteiger partial charge in [-0.25, -0.2) is 9.79 Å². The molecule has 3 aromatic carbocycles. The molecule has 0 saturated carbocycles. The topological polar surface area (TPSA) is 69.9 Å². The van der Waals surface area contributed by atoms with E-state index in [0.29, 0.717) is 43.9 Å². The molecular formula is C33H31ClN2O4S. The van der Waals surface area contributed by atoms with Crippen LogP contribution >= 0.6 is 22.9 Å². The Hall–Kier alpha value is -3.94. The minimum atomic E-state index is -0.652. The molecule has 1 aliphatic heterocycles. The van der Waals surface area contributed by atoms with Gasteiger partial charge in [0.1, 0.15) is 12.4 Å². The molecule has 8 heteroatoms. The highest BCUT2D eigenvalue weighted by Crippen LogP contribution is 2.31. The molecule has 1 aromatic heterocycles. The van der Waals surface area contributed by atoms with Crippen LogP contribution in [0.5, 0.6) is 5.75 Å². The number of para-hydroxylation sites is 1. The largest absolute Gasteiger partial charge is 0.488 e. The molecule has 1 aliphatic rings. The molecule has 2 heterocycles. The van der Waals surface area contributed by atoms with E-state index < -0.39 is 12.0 Å². The third kappa shape index (κ3) is 5.92. The minimum Gasteiger partial charge on any atom is -0.488 e. The van der Waals surface area contributed by atoms with Crippen LogP contribution in [0, 0.1) is 0 Å². The van der Waals surface area contributed by atoms with E-state index in [1.807, 2.05) is 78.9 Å². The summed E-state index contributed by atoms with van der Waals surface area (Å²) in [5, 5.41) is 0.632. The van der Waals surface area contributed by atoms with Crippen LogP contribution < -0.4 is 19.6 Å². The van der Waals surface area contributed by atoms with Crippen molar-refractivity contribution in [2.75, 3.05) is 6.61 Å². The van der Waals surface area contributed by atoms with Gasteiger partial charge in [-0.05, 0) is 49.1 Å². The predicted octanol–water partition coefficient (Wildman–Crippen LogP) is 6.15. The van der Waals surface area contributed by atoms with E-state index in [4.69, 9.17) is 21.1 Å². The number of aromatic nitrogens is 1. The zero-order valence-corrected chi connectivity index (χ0v) is 25.0. The molecule has 1 atom stereocenters. The fourth-order valence-electron chi connectivity index (χ4n) is 4.81. The van der Waals surface area contributed by atoms with Crippen molar-refractivity contribution in [3.8, 4) is 5.75 Å². The van der Waals surface area contributed by atoms with Gasteiger partial charge in [0.15, 0.2) is 4.80 Å². The number of allylic oxidation sites excluding steroid dienone is 1. The summed E-state index contributed by atoms with van der Waals surface area (Å²) in [7, 11) is 0. The van der Waals surface area contributed by atoms with Crippen molar-refractivity contribution < 1.29 is 14.3 Å². The van der Waals surface area contributed by atoms with Crippen LogP contribution in [0.15, 0.2) is 93.9 Å². The number of ether oxygens (including phenoxy) is 2. The van der Waals surface area contributed by atoms with E-state index in [-0.39, 0.29) is 12.2 Å². The Balaban J connectivity index is 1.60. The Morgan fingerprint density at radius 2 is 1.78 bits per heavy atom. The molecule has 210 valence electrons. The Labute approximate surface area is 247 Å². The monoisotopic (exact) mass is 586 g/mol. The Morgan fingerprint density at radius 3 is 2.49 bits per heavy atom. The number of hydrogen-bond acceptors (Lipinski definition) is 6. The molecule has 0 fully saturated rings. The first kappa shape index (κ1) is 28.6. The van der Waals surface area contributed by atoms with Gasteiger partial charge >= 0.3 is 5.97 Å². The number of thiazole rings is 1. The second-order valence-corrected chi connectivity index (χ2v) is 11.5. The van der Waals surface area contributed by atoms with Crippen LogP contribution in [0.3, 0.4) is 0 Å². The van der Waals surface area contributed by atoms with Crippen LogP contribution in [0.4, 0.5) is 0 Å². The van der Waals surface area contributed by atoms with Gasteiger partial charge in [-0.3, -0.25) is 9.36 Å². The van der Waals surface area contributed by atoms with Gasteiger partial charge in [0, 0.05) is 16.1 Å². The zero-order chi connectivity index (χ0) is 29.1. The van der Waals surface area contributed by atoms with E-state index in [9.17, 15) is 9.59 Å². The zero-order valence-electron chi connectivity index (χ0n) is 23.4. The highest BCUT2D eigenvalue weighted by atomic mass is 35.5. The lowest BCUT2D eigenvalue weighted by Crippen LogP contribution is -2.39. The van der Waals surface area contributed by atoms with E-state index in [0.717, 1.165) is 16.7 Å². The van der Waals surface area contributed by atoms with Crippen molar-refractivity contribution >= 4 is 35.0 Å². The summed E-state index contributed by atoms with van der Waals surface area (Å²) in [5.41, 5.74) is 4.29. The van der Waals surface area contributed by atoms with Crippen LogP contribution in [0.1, 0.15) is 61.9 Å². The first-order chi connectivity index (χ1) is 19.8. The highest BCUT2D eigenvalue weighted by molar-refractivity contribution is 7.07. The second-order valence-electron chi connectivity index (χ2n) is 10.0. The number of halogens is 1. The maximum absolute atomic E-state index is 14.0. The second kappa shape index (κ2) is 12.3. The lowest BCUT2D eigenvalue weighted by Gasteiger charge is -2.25. The maximum Gasteiger partial charge on any atom is 0.338 e. The molecule has 5 rings (SSSR count). The molecule has 0 radical (unpaired) electrons. The molecule has 0 amide bonds. The number of esters is 1. The third-order valence-electron chi connectivity index (χ3n) is 6.98.